The van der Waals surface area contributed by atoms with Gasteiger partial charge in [-0.3, -0.25) is 0 Å². The molecule has 2 heterocycles. The second-order valence-electron chi connectivity index (χ2n) is 11.2. The summed E-state index contributed by atoms with van der Waals surface area (Å²) in [6.45, 7) is 1.25. The summed E-state index contributed by atoms with van der Waals surface area (Å²) in [5, 5.41) is 9.30. The first kappa shape index (κ1) is 26.1. The van der Waals surface area contributed by atoms with Crippen LogP contribution < -0.4 is 0 Å². The molecule has 9 heteroatoms. The zero-order valence-corrected chi connectivity index (χ0v) is 23.5. The van der Waals surface area contributed by atoms with E-state index >= 15 is 0 Å². The zero-order valence-electron chi connectivity index (χ0n) is 21.9. The molecule has 2 aromatic carbocycles. The molecule has 2 aliphatic carbocycles. The second-order valence-corrected chi connectivity index (χ2v) is 12.0. The number of aliphatic carboxylic acids is 1. The van der Waals surface area contributed by atoms with Crippen molar-refractivity contribution in [2.75, 3.05) is 26.3 Å². The summed E-state index contributed by atoms with van der Waals surface area (Å²) in [6.07, 6.45) is 5.44. The fraction of sp³-hybridized carbons (Fsp3) is 0.433. The molecule has 0 radical (unpaired) electrons. The number of carbonyl (C=O) groups excluding carboxylic acids is 1. The highest BCUT2D eigenvalue weighted by Gasteiger charge is 2.50. The molecule has 1 saturated heterocycles. The molecule has 39 heavy (non-hydrogen) atoms. The molecular formula is C30H32BrN3O5. The van der Waals surface area contributed by atoms with Gasteiger partial charge in [0.05, 0.1) is 0 Å². The van der Waals surface area contributed by atoms with Crippen molar-refractivity contribution in [3.8, 4) is 11.1 Å². The van der Waals surface area contributed by atoms with Gasteiger partial charge < -0.3 is 24.0 Å². The third kappa shape index (κ3) is 4.76. The lowest BCUT2D eigenvalue weighted by Gasteiger charge is -2.43. The van der Waals surface area contributed by atoms with Crippen molar-refractivity contribution in [1.82, 2.24) is 14.5 Å². The summed E-state index contributed by atoms with van der Waals surface area (Å²) in [5.41, 5.74) is 4.05. The van der Waals surface area contributed by atoms with Crippen LogP contribution in [-0.4, -0.2) is 57.9 Å². The monoisotopic (exact) mass is 593 g/mol. The molecule has 1 aromatic heterocycles. The Morgan fingerprint density at radius 3 is 2.26 bits per heavy atom. The number of amides is 1. The molecule has 0 atom stereocenters. The third-order valence-corrected chi connectivity index (χ3v) is 9.26. The Kier molecular flexibility index (Phi) is 6.75. The lowest BCUT2D eigenvalue weighted by molar-refractivity contribution is -0.157. The lowest BCUT2D eigenvalue weighted by Crippen LogP contribution is -2.43. The Morgan fingerprint density at radius 1 is 1.03 bits per heavy atom. The van der Waals surface area contributed by atoms with Crippen LogP contribution in [0.3, 0.4) is 0 Å². The molecule has 3 aromatic rings. The second kappa shape index (κ2) is 10.1. The van der Waals surface area contributed by atoms with Gasteiger partial charge in [0.2, 0.25) is 0 Å². The van der Waals surface area contributed by atoms with E-state index in [4.69, 9.17) is 9.47 Å². The van der Waals surface area contributed by atoms with Gasteiger partial charge in [0.15, 0.2) is 0 Å². The molecule has 1 spiro atoms. The predicted octanol–water partition coefficient (Wildman–Crippen LogP) is 5.69. The van der Waals surface area contributed by atoms with Gasteiger partial charge in [-0.15, -0.1) is 0 Å². The van der Waals surface area contributed by atoms with E-state index in [1.807, 2.05) is 47.0 Å². The Balaban J connectivity index is 1.11. The van der Waals surface area contributed by atoms with E-state index in [9.17, 15) is 14.7 Å². The molecule has 0 bridgehead atoms. The van der Waals surface area contributed by atoms with Crippen molar-refractivity contribution in [3.05, 3.63) is 76.3 Å². The molecule has 204 valence electrons. The highest BCUT2D eigenvalue weighted by molar-refractivity contribution is 9.10. The topological polar surface area (TPSA) is 93.9 Å². The number of halogens is 1. The van der Waals surface area contributed by atoms with Gasteiger partial charge in [0.25, 0.3) is 0 Å². The van der Waals surface area contributed by atoms with Gasteiger partial charge >= 0.3 is 12.1 Å². The number of hydrogen-bond donors (Lipinski definition) is 1. The van der Waals surface area contributed by atoms with Crippen LogP contribution in [0, 0.1) is 5.41 Å². The van der Waals surface area contributed by atoms with Gasteiger partial charge in [-0.25, -0.2) is 14.6 Å². The summed E-state index contributed by atoms with van der Waals surface area (Å²) in [5.74, 6) is -0.223. The number of carboxylic acids is 1. The Hall–Kier alpha value is -3.17. The number of hydrogen-bond acceptors (Lipinski definition) is 5. The minimum Gasteiger partial charge on any atom is -0.480 e. The molecule has 3 aliphatic rings. The van der Waals surface area contributed by atoms with Gasteiger partial charge in [-0.05, 0) is 75.7 Å². The highest BCUT2D eigenvalue weighted by atomic mass is 79.9. The van der Waals surface area contributed by atoms with Crippen LogP contribution in [0.4, 0.5) is 4.79 Å². The summed E-state index contributed by atoms with van der Waals surface area (Å²) in [4.78, 5) is 31.0. The molecular weight excluding hydrogens is 562 g/mol. The van der Waals surface area contributed by atoms with Crippen molar-refractivity contribution in [2.24, 2.45) is 12.5 Å². The predicted molar refractivity (Wildman–Crippen MR) is 148 cm³/mol. The highest BCUT2D eigenvalue weighted by Crippen LogP contribution is 2.52. The SMILES string of the molecule is Cn1cc(Br)nc1C1(OCC(=O)O)CCC2(CCN(C(=O)OCC3c4ccccc4-c4ccccc43)C2)CC1. The summed E-state index contributed by atoms with van der Waals surface area (Å²) < 4.78 is 14.6. The van der Waals surface area contributed by atoms with E-state index in [2.05, 4.69) is 45.2 Å². The van der Waals surface area contributed by atoms with Crippen LogP contribution in [0.5, 0.6) is 0 Å². The maximum Gasteiger partial charge on any atom is 0.409 e. The molecule has 1 aliphatic heterocycles. The van der Waals surface area contributed by atoms with Crippen molar-refractivity contribution >= 4 is 28.0 Å². The van der Waals surface area contributed by atoms with Gasteiger partial charge in [0.1, 0.15) is 29.2 Å². The fourth-order valence-corrected chi connectivity index (χ4v) is 7.33. The van der Waals surface area contributed by atoms with Crippen LogP contribution in [0.15, 0.2) is 59.3 Å². The minimum absolute atomic E-state index is 0.0238. The van der Waals surface area contributed by atoms with E-state index in [-0.39, 0.29) is 24.0 Å². The van der Waals surface area contributed by atoms with Crippen LogP contribution in [0.25, 0.3) is 11.1 Å². The number of carboxylic acid groups (broad SMARTS) is 1. The quantitative estimate of drug-likeness (QED) is 0.394. The summed E-state index contributed by atoms with van der Waals surface area (Å²) in [7, 11) is 1.90. The smallest absolute Gasteiger partial charge is 0.409 e. The number of likely N-dealkylation sites (tertiary alicyclic amines) is 1. The zero-order chi connectivity index (χ0) is 27.2. The van der Waals surface area contributed by atoms with E-state index < -0.39 is 11.6 Å². The van der Waals surface area contributed by atoms with Gasteiger partial charge in [-0.2, -0.15) is 0 Å². The van der Waals surface area contributed by atoms with E-state index in [0.29, 0.717) is 37.1 Å². The van der Waals surface area contributed by atoms with Crippen molar-refractivity contribution in [1.29, 1.82) is 0 Å². The molecule has 0 unspecified atom stereocenters. The number of rotatable bonds is 6. The molecule has 1 saturated carbocycles. The average molecular weight is 595 g/mol. The molecule has 1 amide bonds. The van der Waals surface area contributed by atoms with Gasteiger partial charge in [0, 0.05) is 32.3 Å². The van der Waals surface area contributed by atoms with Crippen molar-refractivity contribution in [3.63, 3.8) is 0 Å². The number of aryl methyl sites for hydroxylation is 1. The Labute approximate surface area is 236 Å². The standard InChI is InChI=1S/C30H32BrN3O5/c1-33-16-25(31)32-27(33)30(39-18-26(35)36)12-10-29(11-13-30)14-15-34(19-29)28(37)38-17-24-22-8-4-2-6-20(22)21-7-3-5-9-23(21)24/h2-9,16,24H,10-15,17-19H2,1H3,(H,35,36). The van der Waals surface area contributed by atoms with E-state index in [1.54, 1.807) is 0 Å². The Morgan fingerprint density at radius 2 is 1.67 bits per heavy atom. The normalized spacial score (nSPS) is 24.1. The first-order chi connectivity index (χ1) is 18.8. The largest absolute Gasteiger partial charge is 0.480 e. The molecule has 2 fully saturated rings. The number of ether oxygens (including phenoxy) is 2. The minimum atomic E-state index is -0.995. The number of imidazole rings is 1. The van der Waals surface area contributed by atoms with Gasteiger partial charge in [-0.1, -0.05) is 48.5 Å². The van der Waals surface area contributed by atoms with Crippen LogP contribution in [-0.2, 0) is 26.9 Å². The van der Waals surface area contributed by atoms with Crippen LogP contribution in [0.1, 0.15) is 55.0 Å². The maximum absolute atomic E-state index is 13.2. The summed E-state index contributed by atoms with van der Waals surface area (Å²) in [6, 6.07) is 16.7. The number of fused-ring (bicyclic) bond motifs is 3. The van der Waals surface area contributed by atoms with E-state index in [0.717, 1.165) is 25.1 Å². The number of aromatic nitrogens is 2. The fourth-order valence-electron chi connectivity index (χ4n) is 6.85. The number of benzene rings is 2. The van der Waals surface area contributed by atoms with Crippen molar-refractivity contribution in [2.45, 2.75) is 43.6 Å². The molecule has 1 N–H and O–H groups in total. The van der Waals surface area contributed by atoms with Crippen LogP contribution >= 0.6 is 15.9 Å². The molecule has 6 rings (SSSR count). The summed E-state index contributed by atoms with van der Waals surface area (Å²) >= 11 is 3.43. The lowest BCUT2D eigenvalue weighted by atomic mass is 9.67. The first-order valence-corrected chi connectivity index (χ1v) is 14.2. The average Bonchev–Trinajstić information content (AvgIpc) is 3.61. The third-order valence-electron chi connectivity index (χ3n) is 8.88. The number of carbonyl (C=O) groups is 2. The number of nitrogens with zero attached hydrogens (tertiary/aromatic N) is 3. The molecule has 8 nitrogen and oxygen atoms in total. The van der Waals surface area contributed by atoms with Crippen LogP contribution in [0.2, 0.25) is 0 Å². The maximum atomic E-state index is 13.2. The van der Waals surface area contributed by atoms with E-state index in [1.165, 1.54) is 22.3 Å². The Bertz CT molecular complexity index is 1370. The first-order valence-electron chi connectivity index (χ1n) is 13.4. The van der Waals surface area contributed by atoms with Crippen molar-refractivity contribution < 1.29 is 24.2 Å².